The van der Waals surface area contributed by atoms with Crippen molar-refractivity contribution in [2.24, 2.45) is 15.9 Å². The number of hydrogen-bond acceptors (Lipinski definition) is 6. The zero-order valence-corrected chi connectivity index (χ0v) is 12.9. The van der Waals surface area contributed by atoms with E-state index in [-0.39, 0.29) is 36.6 Å². The minimum absolute atomic E-state index is 0.0896. The first kappa shape index (κ1) is 14.8. The van der Waals surface area contributed by atoms with Crippen molar-refractivity contribution < 1.29 is 14.7 Å². The van der Waals surface area contributed by atoms with Crippen LogP contribution in [0.15, 0.2) is 20.5 Å². The molecule has 3 aliphatic rings. The number of aliphatic hydroxyl groups is 1. The van der Waals surface area contributed by atoms with E-state index in [1.54, 1.807) is 11.8 Å². The van der Waals surface area contributed by atoms with Crippen molar-refractivity contribution in [2.75, 3.05) is 18.9 Å². The number of thioether (sulfide) groups is 2. The van der Waals surface area contributed by atoms with Crippen molar-refractivity contribution in [1.82, 2.24) is 5.32 Å². The van der Waals surface area contributed by atoms with Crippen LogP contribution < -0.4 is 5.32 Å². The number of carbonyl (C=O) groups excluding carboxylic acids is 2. The lowest BCUT2D eigenvalue weighted by Crippen LogP contribution is -2.29. The van der Waals surface area contributed by atoms with Gasteiger partial charge < -0.3 is 10.4 Å². The fraction of sp³-hybridized carbons (Fsp3) is 0.538. The Morgan fingerprint density at radius 1 is 1.43 bits per heavy atom. The maximum atomic E-state index is 12.2. The van der Waals surface area contributed by atoms with Crippen LogP contribution in [0.25, 0.3) is 0 Å². The smallest absolute Gasteiger partial charge is 0.262 e. The molecule has 2 amide bonds. The number of allylic oxidation sites excluding steroid dienone is 1. The van der Waals surface area contributed by atoms with Gasteiger partial charge in [-0.15, -0.1) is 0 Å². The molecule has 8 heteroatoms. The Hall–Kier alpha value is -1.12. The first-order chi connectivity index (χ1) is 10.2. The first-order valence-electron chi connectivity index (χ1n) is 6.80. The van der Waals surface area contributed by atoms with Gasteiger partial charge in [0, 0.05) is 6.54 Å². The number of nitrogens with zero attached hydrogens (tertiary/aromatic N) is 2. The van der Waals surface area contributed by atoms with Gasteiger partial charge in [0.05, 0.1) is 17.4 Å². The van der Waals surface area contributed by atoms with Gasteiger partial charge in [0.2, 0.25) is 5.91 Å². The molecule has 0 saturated heterocycles. The molecule has 1 aliphatic carbocycles. The summed E-state index contributed by atoms with van der Waals surface area (Å²) in [6.45, 7) is 0.140. The minimum Gasteiger partial charge on any atom is -0.395 e. The van der Waals surface area contributed by atoms with E-state index in [2.05, 4.69) is 15.3 Å². The molecule has 0 bridgehead atoms. The van der Waals surface area contributed by atoms with E-state index in [1.807, 2.05) is 0 Å². The van der Waals surface area contributed by atoms with E-state index in [4.69, 9.17) is 5.11 Å². The van der Waals surface area contributed by atoms with Crippen LogP contribution in [0.1, 0.15) is 19.3 Å². The Bertz CT molecular complexity index is 583. The molecule has 1 unspecified atom stereocenters. The lowest BCUT2D eigenvalue weighted by molar-refractivity contribution is -0.119. The van der Waals surface area contributed by atoms with Gasteiger partial charge >= 0.3 is 0 Å². The number of rotatable bonds is 4. The molecule has 2 heterocycles. The highest BCUT2D eigenvalue weighted by molar-refractivity contribution is 8.18. The second-order valence-corrected chi connectivity index (χ2v) is 6.94. The zero-order chi connectivity index (χ0) is 14.8. The van der Waals surface area contributed by atoms with Crippen molar-refractivity contribution in [3.63, 3.8) is 0 Å². The molecule has 0 aromatic rings. The van der Waals surface area contributed by atoms with E-state index >= 15 is 0 Å². The van der Waals surface area contributed by atoms with Gasteiger partial charge in [-0.25, -0.2) is 4.99 Å². The van der Waals surface area contributed by atoms with E-state index in [1.165, 1.54) is 10.5 Å². The third-order valence-electron chi connectivity index (χ3n) is 3.46. The predicted octanol–water partition coefficient (Wildman–Crippen LogP) is 0.924. The van der Waals surface area contributed by atoms with E-state index < -0.39 is 0 Å². The summed E-state index contributed by atoms with van der Waals surface area (Å²) in [4.78, 5) is 33.4. The average molecular weight is 325 g/mol. The molecule has 0 aromatic carbocycles. The second-order valence-electron chi connectivity index (χ2n) is 4.88. The van der Waals surface area contributed by atoms with Crippen LogP contribution in [0.4, 0.5) is 0 Å². The van der Waals surface area contributed by atoms with Crippen LogP contribution in [-0.2, 0) is 9.59 Å². The number of fused-ring (bicyclic) bond motifs is 2. The average Bonchev–Trinajstić information content (AvgIpc) is 3.02. The summed E-state index contributed by atoms with van der Waals surface area (Å²) >= 11 is 2.75. The van der Waals surface area contributed by atoms with Gasteiger partial charge in [0.1, 0.15) is 5.92 Å². The van der Waals surface area contributed by atoms with Crippen LogP contribution in [0.5, 0.6) is 0 Å². The minimum atomic E-state index is -0.250. The van der Waals surface area contributed by atoms with Crippen molar-refractivity contribution in [3.05, 3.63) is 10.5 Å². The van der Waals surface area contributed by atoms with E-state index in [9.17, 15) is 9.59 Å². The number of aliphatic hydroxyl groups excluding tert-OH is 1. The molecule has 112 valence electrons. The van der Waals surface area contributed by atoms with Gasteiger partial charge in [0.25, 0.3) is 5.91 Å². The summed E-state index contributed by atoms with van der Waals surface area (Å²) in [6.07, 6.45) is 3.12. The molecule has 3 rings (SSSR count). The number of amidine groups is 1. The molecule has 0 spiro atoms. The number of aliphatic imine (C=N–C) groups is 2. The number of amides is 2. The molecule has 0 fully saturated rings. The first-order valence-corrected chi connectivity index (χ1v) is 8.60. The summed E-state index contributed by atoms with van der Waals surface area (Å²) in [5.74, 6) is -0.463. The van der Waals surface area contributed by atoms with Crippen molar-refractivity contribution in [2.45, 2.75) is 19.3 Å². The van der Waals surface area contributed by atoms with Crippen LogP contribution in [-0.4, -0.2) is 46.0 Å². The van der Waals surface area contributed by atoms with Crippen LogP contribution in [0, 0.1) is 5.92 Å². The van der Waals surface area contributed by atoms with E-state index in [0.29, 0.717) is 5.17 Å². The normalized spacial score (nSPS) is 23.7. The highest BCUT2D eigenvalue weighted by Gasteiger charge is 2.41. The Balaban J connectivity index is 1.61. The monoisotopic (exact) mass is 325 g/mol. The van der Waals surface area contributed by atoms with Crippen LogP contribution in [0.3, 0.4) is 0 Å². The summed E-state index contributed by atoms with van der Waals surface area (Å²) in [5, 5.41) is 12.4. The Morgan fingerprint density at radius 2 is 2.29 bits per heavy atom. The topological polar surface area (TPSA) is 91.1 Å². The van der Waals surface area contributed by atoms with Gasteiger partial charge in [-0.05, 0) is 29.7 Å². The van der Waals surface area contributed by atoms with Gasteiger partial charge in [0.15, 0.2) is 5.17 Å². The summed E-state index contributed by atoms with van der Waals surface area (Å²) in [7, 11) is 0. The Kier molecular flexibility index (Phi) is 4.46. The van der Waals surface area contributed by atoms with Crippen LogP contribution >= 0.6 is 23.5 Å². The van der Waals surface area contributed by atoms with Gasteiger partial charge in [-0.2, -0.15) is 4.99 Å². The SMILES string of the molecule is O=C(CSC1=NC(=O)C2C(=N1)SC1=C2CCC1)NCCO. The molecule has 0 aromatic heterocycles. The van der Waals surface area contributed by atoms with Crippen LogP contribution in [0.2, 0.25) is 0 Å². The maximum absolute atomic E-state index is 12.2. The predicted molar refractivity (Wildman–Crippen MR) is 84.4 cm³/mol. The standard InChI is InChI=1S/C13H15N3O3S2/c17-5-4-14-9(18)6-20-13-15-11(19)10-7-2-1-3-8(7)21-12(10)16-13/h10,17H,1-6H2,(H,14,18). The maximum Gasteiger partial charge on any atom is 0.262 e. The molecule has 1 atom stereocenters. The largest absolute Gasteiger partial charge is 0.395 e. The van der Waals surface area contributed by atoms with Gasteiger partial charge in [-0.1, -0.05) is 23.5 Å². The molecule has 2 aliphatic heterocycles. The van der Waals surface area contributed by atoms with Crippen molar-refractivity contribution >= 4 is 45.5 Å². The highest BCUT2D eigenvalue weighted by Crippen LogP contribution is 2.48. The lowest BCUT2D eigenvalue weighted by Gasteiger charge is -2.15. The fourth-order valence-corrected chi connectivity index (χ4v) is 4.64. The van der Waals surface area contributed by atoms with Crippen molar-refractivity contribution in [1.29, 1.82) is 0 Å². The number of hydrogen-bond donors (Lipinski definition) is 2. The molecule has 0 saturated carbocycles. The lowest BCUT2D eigenvalue weighted by atomic mass is 9.98. The second kappa shape index (κ2) is 6.33. The van der Waals surface area contributed by atoms with Gasteiger partial charge in [-0.3, -0.25) is 9.59 Å². The molecule has 21 heavy (non-hydrogen) atoms. The molecule has 2 N–H and O–H groups in total. The quantitative estimate of drug-likeness (QED) is 0.802. The Morgan fingerprint density at radius 3 is 3.10 bits per heavy atom. The third-order valence-corrected chi connectivity index (χ3v) is 5.55. The molecule has 6 nitrogen and oxygen atoms in total. The summed E-state index contributed by atoms with van der Waals surface area (Å²) < 4.78 is 0. The Labute approximate surface area is 130 Å². The number of carbonyl (C=O) groups is 2. The summed E-state index contributed by atoms with van der Waals surface area (Å²) in [6, 6.07) is 0. The summed E-state index contributed by atoms with van der Waals surface area (Å²) in [5.41, 5.74) is 1.21. The fourth-order valence-electron chi connectivity index (χ4n) is 2.56. The molecular formula is C13H15N3O3S2. The van der Waals surface area contributed by atoms with Crippen molar-refractivity contribution in [3.8, 4) is 0 Å². The highest BCUT2D eigenvalue weighted by atomic mass is 32.2. The third kappa shape index (κ3) is 3.07. The molecular weight excluding hydrogens is 310 g/mol. The number of nitrogens with one attached hydrogen (secondary N) is 1. The zero-order valence-electron chi connectivity index (χ0n) is 11.3. The molecule has 0 radical (unpaired) electrons. The van der Waals surface area contributed by atoms with E-state index in [0.717, 1.165) is 36.1 Å².